The van der Waals surface area contributed by atoms with Gasteiger partial charge in [0.05, 0.1) is 26.9 Å². The van der Waals surface area contributed by atoms with E-state index in [1.54, 1.807) is 33.5 Å². The summed E-state index contributed by atoms with van der Waals surface area (Å²) in [5, 5.41) is 2.29. The van der Waals surface area contributed by atoms with Crippen molar-refractivity contribution in [3.8, 4) is 17.2 Å². The monoisotopic (exact) mass is 392 g/mol. The van der Waals surface area contributed by atoms with E-state index in [2.05, 4.69) is 23.2 Å². The van der Waals surface area contributed by atoms with E-state index >= 15 is 0 Å². The third kappa shape index (κ3) is 3.58. The van der Waals surface area contributed by atoms with Crippen LogP contribution in [0, 0.1) is 0 Å². The third-order valence-corrected chi connectivity index (χ3v) is 5.48. The molecule has 0 aliphatic carbocycles. The molecule has 6 heteroatoms. The van der Waals surface area contributed by atoms with Crippen LogP contribution in [0.2, 0.25) is 0 Å². The van der Waals surface area contributed by atoms with E-state index in [4.69, 9.17) is 14.2 Å². The lowest BCUT2D eigenvalue weighted by atomic mass is 10.0. The van der Waals surface area contributed by atoms with Crippen LogP contribution < -0.4 is 14.2 Å². The largest absolute Gasteiger partial charge is 0.496 e. The van der Waals surface area contributed by atoms with Gasteiger partial charge in [-0.25, -0.2) is 0 Å². The average Bonchev–Trinajstić information content (AvgIpc) is 3.27. The van der Waals surface area contributed by atoms with Crippen LogP contribution in [-0.2, 0) is 0 Å². The minimum absolute atomic E-state index is 0.0777. The number of hydrogen-bond acceptors (Lipinski definition) is 5. The number of rotatable bonds is 5. The van der Waals surface area contributed by atoms with Gasteiger partial charge < -0.3 is 19.1 Å². The zero-order valence-electron chi connectivity index (χ0n) is 16.8. The molecular formula is C23H24N2O4. The molecule has 3 aromatic rings. The maximum Gasteiger partial charge on any atom is 0.257 e. The highest BCUT2D eigenvalue weighted by Crippen LogP contribution is 2.36. The molecule has 150 valence electrons. The predicted molar refractivity (Wildman–Crippen MR) is 111 cm³/mol. The second-order valence-corrected chi connectivity index (χ2v) is 7.10. The molecule has 6 nitrogen and oxygen atoms in total. The smallest absolute Gasteiger partial charge is 0.257 e. The molecule has 1 fully saturated rings. The van der Waals surface area contributed by atoms with Gasteiger partial charge in [-0.05, 0) is 17.9 Å². The molecule has 0 N–H and O–H groups in total. The highest BCUT2D eigenvalue weighted by molar-refractivity contribution is 5.98. The summed E-state index contributed by atoms with van der Waals surface area (Å²) in [6.07, 6.45) is 2.79. The number of carbonyl (C=O) groups is 1. The van der Waals surface area contributed by atoms with Crippen molar-refractivity contribution in [2.45, 2.75) is 12.3 Å². The van der Waals surface area contributed by atoms with E-state index in [0.29, 0.717) is 35.9 Å². The summed E-state index contributed by atoms with van der Waals surface area (Å²) >= 11 is 0. The van der Waals surface area contributed by atoms with E-state index in [1.807, 2.05) is 23.2 Å². The van der Waals surface area contributed by atoms with Gasteiger partial charge in [-0.1, -0.05) is 24.3 Å². The first-order valence-corrected chi connectivity index (χ1v) is 9.58. The summed E-state index contributed by atoms with van der Waals surface area (Å²) in [5.41, 5.74) is 1.50. The van der Waals surface area contributed by atoms with E-state index in [0.717, 1.165) is 17.5 Å². The standard InChI is InChI=1S/C23H24N2O4/c1-27-20-12-22(29-3)21(28-2)11-18(20)23(26)25-9-8-17(14-25)19-10-15-6-4-5-7-16(15)13-24-19/h4-7,10-13,17H,8-9,14H2,1-3H3. The maximum absolute atomic E-state index is 13.2. The Morgan fingerprint density at radius 3 is 2.38 bits per heavy atom. The molecular weight excluding hydrogens is 368 g/mol. The molecule has 1 aliphatic rings. The molecule has 1 aromatic heterocycles. The van der Waals surface area contributed by atoms with Crippen molar-refractivity contribution in [3.63, 3.8) is 0 Å². The minimum Gasteiger partial charge on any atom is -0.496 e. The number of fused-ring (bicyclic) bond motifs is 1. The zero-order chi connectivity index (χ0) is 20.4. The summed E-state index contributed by atoms with van der Waals surface area (Å²) in [5.74, 6) is 1.64. The number of carbonyl (C=O) groups excluding carboxylic acids is 1. The lowest BCUT2D eigenvalue weighted by Gasteiger charge is -2.19. The molecule has 1 saturated heterocycles. The number of nitrogens with zero attached hydrogens (tertiary/aromatic N) is 2. The number of aromatic nitrogens is 1. The molecule has 1 amide bonds. The number of likely N-dealkylation sites (tertiary alicyclic amines) is 1. The van der Waals surface area contributed by atoms with Crippen LogP contribution in [0.5, 0.6) is 17.2 Å². The molecule has 2 aromatic carbocycles. The van der Waals surface area contributed by atoms with Crippen LogP contribution in [0.4, 0.5) is 0 Å². The average molecular weight is 392 g/mol. The van der Waals surface area contributed by atoms with Gasteiger partial charge in [-0.15, -0.1) is 0 Å². The van der Waals surface area contributed by atoms with Crippen LogP contribution >= 0.6 is 0 Å². The molecule has 0 saturated carbocycles. The fourth-order valence-electron chi connectivity index (χ4n) is 3.88. The van der Waals surface area contributed by atoms with Gasteiger partial charge in [-0.3, -0.25) is 9.78 Å². The van der Waals surface area contributed by atoms with Gasteiger partial charge in [0.15, 0.2) is 11.5 Å². The summed E-state index contributed by atoms with van der Waals surface area (Å²) in [6.45, 7) is 1.30. The van der Waals surface area contributed by atoms with E-state index in [9.17, 15) is 4.79 Å². The van der Waals surface area contributed by atoms with Gasteiger partial charge in [0.1, 0.15) is 5.75 Å². The summed E-state index contributed by atoms with van der Waals surface area (Å²) in [6, 6.07) is 13.7. The third-order valence-electron chi connectivity index (χ3n) is 5.48. The van der Waals surface area contributed by atoms with E-state index in [1.165, 1.54) is 5.39 Å². The number of ether oxygens (including phenoxy) is 3. The van der Waals surface area contributed by atoms with Gasteiger partial charge >= 0.3 is 0 Å². The second-order valence-electron chi connectivity index (χ2n) is 7.10. The number of methoxy groups -OCH3 is 3. The summed E-state index contributed by atoms with van der Waals surface area (Å²) in [4.78, 5) is 19.7. The van der Waals surface area contributed by atoms with Crippen LogP contribution in [0.25, 0.3) is 10.8 Å². The lowest BCUT2D eigenvalue weighted by molar-refractivity contribution is 0.0787. The van der Waals surface area contributed by atoms with Crippen LogP contribution in [0.1, 0.15) is 28.4 Å². The molecule has 0 spiro atoms. The molecule has 2 heterocycles. The van der Waals surface area contributed by atoms with Gasteiger partial charge in [0, 0.05) is 48.4 Å². The van der Waals surface area contributed by atoms with Crippen molar-refractivity contribution >= 4 is 16.7 Å². The van der Waals surface area contributed by atoms with E-state index in [-0.39, 0.29) is 11.8 Å². The lowest BCUT2D eigenvalue weighted by Crippen LogP contribution is -2.29. The predicted octanol–water partition coefficient (Wildman–Crippen LogP) is 3.89. The Labute approximate surface area is 170 Å². The van der Waals surface area contributed by atoms with Crippen LogP contribution in [0.3, 0.4) is 0 Å². The van der Waals surface area contributed by atoms with E-state index < -0.39 is 0 Å². The van der Waals surface area contributed by atoms with Crippen molar-refractivity contribution in [3.05, 3.63) is 59.9 Å². The Kier molecular flexibility index (Phi) is 5.25. The first kappa shape index (κ1) is 19.1. The fourth-order valence-corrected chi connectivity index (χ4v) is 3.88. The first-order chi connectivity index (χ1) is 14.1. The Morgan fingerprint density at radius 2 is 1.66 bits per heavy atom. The SMILES string of the molecule is COc1cc(OC)c(C(=O)N2CCC(c3cc4ccccc4cn3)C2)cc1OC. The van der Waals surface area contributed by atoms with Gasteiger partial charge in [-0.2, -0.15) is 0 Å². The second kappa shape index (κ2) is 7.99. The Hall–Kier alpha value is -3.28. The molecule has 0 radical (unpaired) electrons. The Bertz CT molecular complexity index is 1050. The van der Waals surface area contributed by atoms with Crippen molar-refractivity contribution in [2.24, 2.45) is 0 Å². The first-order valence-electron chi connectivity index (χ1n) is 9.58. The van der Waals surface area contributed by atoms with Crippen molar-refractivity contribution in [2.75, 3.05) is 34.4 Å². The number of benzene rings is 2. The highest BCUT2D eigenvalue weighted by Gasteiger charge is 2.31. The number of pyridine rings is 1. The maximum atomic E-state index is 13.2. The Morgan fingerprint density at radius 1 is 0.966 bits per heavy atom. The summed E-state index contributed by atoms with van der Waals surface area (Å²) < 4.78 is 16.1. The Balaban J connectivity index is 1.57. The molecule has 1 aliphatic heterocycles. The fraction of sp³-hybridized carbons (Fsp3) is 0.304. The van der Waals surface area contributed by atoms with Crippen molar-refractivity contribution in [1.29, 1.82) is 0 Å². The highest BCUT2D eigenvalue weighted by atomic mass is 16.5. The van der Waals surface area contributed by atoms with Crippen LogP contribution in [0.15, 0.2) is 48.7 Å². The van der Waals surface area contributed by atoms with Gasteiger partial charge in [0.2, 0.25) is 0 Å². The topological polar surface area (TPSA) is 60.9 Å². The number of hydrogen-bond donors (Lipinski definition) is 0. The summed E-state index contributed by atoms with van der Waals surface area (Å²) in [7, 11) is 4.65. The van der Waals surface area contributed by atoms with Crippen molar-refractivity contribution < 1.29 is 19.0 Å². The van der Waals surface area contributed by atoms with Crippen LogP contribution in [-0.4, -0.2) is 50.2 Å². The molecule has 4 rings (SSSR count). The molecule has 1 atom stereocenters. The quantitative estimate of drug-likeness (QED) is 0.659. The zero-order valence-corrected chi connectivity index (χ0v) is 16.8. The number of amides is 1. The minimum atomic E-state index is -0.0777. The van der Waals surface area contributed by atoms with Gasteiger partial charge in [0.25, 0.3) is 5.91 Å². The molecule has 0 bridgehead atoms. The normalized spacial score (nSPS) is 16.1. The van der Waals surface area contributed by atoms with Crippen molar-refractivity contribution in [1.82, 2.24) is 9.88 Å². The molecule has 29 heavy (non-hydrogen) atoms. The molecule has 1 unspecified atom stereocenters.